The van der Waals surface area contributed by atoms with Crippen LogP contribution in [0.25, 0.3) is 0 Å². The number of primary amides is 1. The molecule has 1 saturated heterocycles. The van der Waals surface area contributed by atoms with E-state index in [1.807, 2.05) is 37.3 Å². The Morgan fingerprint density at radius 3 is 2.71 bits per heavy atom. The number of rotatable bonds is 6. The van der Waals surface area contributed by atoms with Crippen LogP contribution in [-0.2, 0) is 4.79 Å². The number of nitriles is 2. The third-order valence-corrected chi connectivity index (χ3v) is 7.64. The molecule has 0 spiro atoms. The molecule has 0 radical (unpaired) electrons. The van der Waals surface area contributed by atoms with Crippen LogP contribution in [0.4, 0.5) is 0 Å². The third-order valence-electron chi connectivity index (χ3n) is 6.32. The number of nitrogens with zero attached hydrogens (tertiary/aromatic N) is 4. The molecule has 2 aliphatic heterocycles. The van der Waals surface area contributed by atoms with Gasteiger partial charge in [-0.2, -0.15) is 10.5 Å². The van der Waals surface area contributed by atoms with Crippen LogP contribution in [0.15, 0.2) is 47.1 Å². The summed E-state index contributed by atoms with van der Waals surface area (Å²) in [5, 5.41) is 20.1. The highest BCUT2D eigenvalue weighted by atomic mass is 32.2. The van der Waals surface area contributed by atoms with Gasteiger partial charge in [0.05, 0.1) is 28.3 Å². The maximum Gasteiger partial charge on any atom is 0.235 e. The van der Waals surface area contributed by atoms with Gasteiger partial charge in [0.1, 0.15) is 11.2 Å². The van der Waals surface area contributed by atoms with Gasteiger partial charge in [0, 0.05) is 12.7 Å². The number of nitrogens with two attached hydrogens (primary N) is 2. The summed E-state index contributed by atoms with van der Waals surface area (Å²) < 4.78 is 0. The van der Waals surface area contributed by atoms with Crippen molar-refractivity contribution in [3.8, 4) is 12.1 Å². The highest BCUT2D eigenvalue weighted by Crippen LogP contribution is 2.45. The maximum atomic E-state index is 12.3. The van der Waals surface area contributed by atoms with Crippen molar-refractivity contribution in [2.24, 2.45) is 28.3 Å². The SMILES string of the molecule is CCC1(N2CCC[C@@H](CN)C2)C(C#N)=CN=C(SC(C(N)=O)c2ccccc2)C1C#N. The Hall–Kier alpha value is -2.65. The summed E-state index contributed by atoms with van der Waals surface area (Å²) in [6.45, 7) is 4.10. The van der Waals surface area contributed by atoms with E-state index < -0.39 is 22.6 Å². The Morgan fingerprint density at radius 1 is 1.39 bits per heavy atom. The molecule has 8 heteroatoms. The summed E-state index contributed by atoms with van der Waals surface area (Å²) in [6.07, 6.45) is 4.15. The first-order valence-corrected chi connectivity index (χ1v) is 11.4. The average Bonchev–Trinajstić information content (AvgIpc) is 2.82. The molecule has 2 heterocycles. The Bertz CT molecular complexity index is 947. The lowest BCUT2D eigenvalue weighted by atomic mass is 9.73. The molecule has 0 bridgehead atoms. The zero-order valence-corrected chi connectivity index (χ0v) is 18.5. The van der Waals surface area contributed by atoms with E-state index in [1.54, 1.807) is 6.20 Å². The van der Waals surface area contributed by atoms with Gasteiger partial charge in [0.15, 0.2) is 0 Å². The smallest absolute Gasteiger partial charge is 0.235 e. The Kier molecular flexibility index (Phi) is 7.50. The first-order valence-electron chi connectivity index (χ1n) is 10.6. The van der Waals surface area contributed by atoms with Gasteiger partial charge in [-0.1, -0.05) is 49.0 Å². The highest BCUT2D eigenvalue weighted by Gasteiger charge is 2.51. The Labute approximate surface area is 187 Å². The molecule has 2 aliphatic rings. The minimum atomic E-state index is -0.791. The third kappa shape index (κ3) is 4.38. The largest absolute Gasteiger partial charge is 0.368 e. The average molecular weight is 437 g/mol. The fraction of sp³-hybridized carbons (Fsp3) is 0.478. The predicted molar refractivity (Wildman–Crippen MR) is 123 cm³/mol. The molecule has 3 unspecified atom stereocenters. The first-order chi connectivity index (χ1) is 15.0. The minimum absolute atomic E-state index is 0.328. The van der Waals surface area contributed by atoms with Crippen LogP contribution in [0.3, 0.4) is 0 Å². The second-order valence-electron chi connectivity index (χ2n) is 7.96. The van der Waals surface area contributed by atoms with E-state index >= 15 is 0 Å². The van der Waals surface area contributed by atoms with E-state index in [0.717, 1.165) is 31.5 Å². The van der Waals surface area contributed by atoms with Crippen molar-refractivity contribution in [1.82, 2.24) is 4.90 Å². The van der Waals surface area contributed by atoms with Crippen molar-refractivity contribution < 1.29 is 4.79 Å². The molecular formula is C23H28N6OS. The second kappa shape index (κ2) is 10.1. The molecule has 0 aromatic heterocycles. The fourth-order valence-electron chi connectivity index (χ4n) is 4.69. The van der Waals surface area contributed by atoms with E-state index in [2.05, 4.69) is 22.0 Å². The first kappa shape index (κ1) is 23.0. The summed E-state index contributed by atoms with van der Waals surface area (Å²) in [5.41, 5.74) is 12.1. The molecule has 1 fully saturated rings. The van der Waals surface area contributed by atoms with Crippen molar-refractivity contribution in [3.63, 3.8) is 0 Å². The molecule has 1 aromatic rings. The van der Waals surface area contributed by atoms with Gasteiger partial charge in [0.2, 0.25) is 5.91 Å². The standard InChI is InChI=1S/C23H28N6OS/c1-2-23(29-10-6-7-16(11-24)15-29)18(12-25)14-28-22(19(23)13-26)31-20(21(27)30)17-8-4-3-5-9-17/h3-5,8-9,14,16,19-20H,2,6-7,10-11,15,24H2,1H3,(H2,27,30)/t16-,19?,20?,23?/m0/s1. The zero-order valence-electron chi connectivity index (χ0n) is 17.7. The zero-order chi connectivity index (χ0) is 22.4. The monoisotopic (exact) mass is 436 g/mol. The Balaban J connectivity index is 2.02. The van der Waals surface area contributed by atoms with Gasteiger partial charge in [-0.25, -0.2) is 0 Å². The van der Waals surface area contributed by atoms with Crippen LogP contribution in [0.2, 0.25) is 0 Å². The van der Waals surface area contributed by atoms with Crippen LogP contribution in [-0.4, -0.2) is 41.0 Å². The van der Waals surface area contributed by atoms with Gasteiger partial charge in [-0.05, 0) is 43.8 Å². The van der Waals surface area contributed by atoms with Crippen LogP contribution >= 0.6 is 11.8 Å². The molecule has 0 aliphatic carbocycles. The second-order valence-corrected chi connectivity index (χ2v) is 9.09. The summed E-state index contributed by atoms with van der Waals surface area (Å²) >= 11 is 1.21. The number of likely N-dealkylation sites (tertiary alicyclic amines) is 1. The molecule has 4 atom stereocenters. The lowest BCUT2D eigenvalue weighted by Gasteiger charge is -2.50. The van der Waals surface area contributed by atoms with Crippen molar-refractivity contribution >= 4 is 22.7 Å². The number of carbonyl (C=O) groups excluding carboxylic acids is 1. The van der Waals surface area contributed by atoms with Gasteiger partial charge < -0.3 is 11.5 Å². The fourth-order valence-corrected chi connectivity index (χ4v) is 5.84. The molecule has 0 saturated carbocycles. The number of amides is 1. The van der Waals surface area contributed by atoms with E-state index in [9.17, 15) is 15.3 Å². The summed E-state index contributed by atoms with van der Waals surface area (Å²) in [5.74, 6) is -0.840. The number of carbonyl (C=O) groups is 1. The van der Waals surface area contributed by atoms with Crippen LogP contribution in [0.5, 0.6) is 0 Å². The number of benzene rings is 1. The summed E-state index contributed by atoms with van der Waals surface area (Å²) in [4.78, 5) is 19.0. The molecule has 7 nitrogen and oxygen atoms in total. The van der Waals surface area contributed by atoms with Crippen molar-refractivity contribution in [1.29, 1.82) is 10.5 Å². The lowest BCUT2D eigenvalue weighted by molar-refractivity contribution is -0.117. The van der Waals surface area contributed by atoms with Crippen molar-refractivity contribution in [2.75, 3.05) is 19.6 Å². The number of aliphatic imine (C=N–C) groups is 1. The van der Waals surface area contributed by atoms with Crippen LogP contribution in [0, 0.1) is 34.5 Å². The van der Waals surface area contributed by atoms with E-state index in [4.69, 9.17) is 11.5 Å². The van der Waals surface area contributed by atoms with Crippen LogP contribution < -0.4 is 11.5 Å². The molecule has 3 rings (SSSR count). The van der Waals surface area contributed by atoms with Gasteiger partial charge in [-0.3, -0.25) is 14.7 Å². The molecule has 162 valence electrons. The summed E-state index contributed by atoms with van der Waals surface area (Å²) in [7, 11) is 0. The predicted octanol–water partition coefficient (Wildman–Crippen LogP) is 2.73. The molecule has 1 aromatic carbocycles. The summed E-state index contributed by atoms with van der Waals surface area (Å²) in [6, 6.07) is 14.0. The normalized spacial score (nSPS) is 27.4. The van der Waals surface area contributed by atoms with Crippen molar-refractivity contribution in [3.05, 3.63) is 47.7 Å². The van der Waals surface area contributed by atoms with Gasteiger partial charge in [-0.15, -0.1) is 0 Å². The van der Waals surface area contributed by atoms with E-state index in [0.29, 0.717) is 29.5 Å². The quantitative estimate of drug-likeness (QED) is 0.704. The number of piperidine rings is 1. The topological polar surface area (TPSA) is 132 Å². The molecule has 4 N–H and O–H groups in total. The van der Waals surface area contributed by atoms with E-state index in [1.165, 1.54) is 11.8 Å². The Morgan fingerprint density at radius 2 is 2.13 bits per heavy atom. The molecule has 31 heavy (non-hydrogen) atoms. The number of thioether (sulfide) groups is 1. The number of hydrogen-bond acceptors (Lipinski definition) is 7. The minimum Gasteiger partial charge on any atom is -0.368 e. The molecule has 1 amide bonds. The number of hydrogen-bond donors (Lipinski definition) is 2. The van der Waals surface area contributed by atoms with Crippen LogP contribution in [0.1, 0.15) is 37.0 Å². The van der Waals surface area contributed by atoms with Gasteiger partial charge >= 0.3 is 0 Å². The maximum absolute atomic E-state index is 12.3. The van der Waals surface area contributed by atoms with Gasteiger partial charge in [0.25, 0.3) is 0 Å². The highest BCUT2D eigenvalue weighted by molar-refractivity contribution is 8.14. The lowest BCUT2D eigenvalue weighted by Crippen LogP contribution is -2.60. The van der Waals surface area contributed by atoms with Crippen molar-refractivity contribution in [2.45, 2.75) is 37.0 Å². The van der Waals surface area contributed by atoms with E-state index in [-0.39, 0.29) is 0 Å². The molecular weight excluding hydrogens is 408 g/mol.